The van der Waals surface area contributed by atoms with Crippen LogP contribution in [0.25, 0.3) is 0 Å². The van der Waals surface area contributed by atoms with Gasteiger partial charge in [-0.3, -0.25) is 4.79 Å². The van der Waals surface area contributed by atoms with Crippen molar-refractivity contribution < 1.29 is 9.18 Å². The molecule has 2 saturated carbocycles. The van der Waals surface area contributed by atoms with Gasteiger partial charge >= 0.3 is 0 Å². The third kappa shape index (κ3) is 4.30. The normalized spacial score (nSPS) is 22.3. The van der Waals surface area contributed by atoms with Crippen LogP contribution in [0.5, 0.6) is 0 Å². The number of aryl methyl sites for hydroxylation is 1. The molecule has 2 aromatic rings. The summed E-state index contributed by atoms with van der Waals surface area (Å²) in [6, 6.07) is 8.76. The summed E-state index contributed by atoms with van der Waals surface area (Å²) in [6.45, 7) is 4.04. The van der Waals surface area contributed by atoms with E-state index in [9.17, 15) is 9.18 Å². The minimum Gasteiger partial charge on any atom is -0.366 e. The minimum absolute atomic E-state index is 0.211. The fourth-order valence-electron chi connectivity index (χ4n) is 5.41. The maximum atomic E-state index is 13.9. The Hall–Kier alpha value is -2.50. The molecule has 2 heterocycles. The van der Waals surface area contributed by atoms with Crippen LogP contribution in [-0.2, 0) is 17.8 Å². The summed E-state index contributed by atoms with van der Waals surface area (Å²) in [6.07, 6.45) is 7.93. The van der Waals surface area contributed by atoms with E-state index < -0.39 is 0 Å². The predicted octanol–water partition coefficient (Wildman–Crippen LogP) is 4.51. The number of amides is 1. The number of nitrogens with zero attached hydrogens (tertiary/aromatic N) is 3. The average Bonchev–Trinajstić information content (AvgIpc) is 3.50. The molecule has 0 radical (unpaired) electrons. The van der Waals surface area contributed by atoms with Gasteiger partial charge in [0.25, 0.3) is 0 Å². The Labute approximate surface area is 183 Å². The first-order valence-corrected chi connectivity index (χ1v) is 11.6. The number of benzene rings is 1. The Kier molecular flexibility index (Phi) is 5.40. The third-order valence-corrected chi connectivity index (χ3v) is 7.57. The van der Waals surface area contributed by atoms with Gasteiger partial charge in [0.15, 0.2) is 0 Å². The summed E-state index contributed by atoms with van der Waals surface area (Å²) >= 11 is 0. The molecule has 1 unspecified atom stereocenters. The van der Waals surface area contributed by atoms with E-state index in [1.165, 1.54) is 25.3 Å². The first-order valence-electron chi connectivity index (χ1n) is 11.6. The van der Waals surface area contributed by atoms with Gasteiger partial charge in [-0.2, -0.15) is 0 Å². The van der Waals surface area contributed by atoms with E-state index in [0.29, 0.717) is 35.3 Å². The van der Waals surface area contributed by atoms with E-state index in [-0.39, 0.29) is 5.82 Å². The molecule has 31 heavy (non-hydrogen) atoms. The van der Waals surface area contributed by atoms with E-state index in [0.717, 1.165) is 56.1 Å². The predicted molar refractivity (Wildman–Crippen MR) is 118 cm³/mol. The molecule has 5 rings (SSSR count). The molecule has 0 bridgehead atoms. The number of anilines is 1. The standard InChI is InChI=1S/C25H31FN4O/c1-17-28-20(14-23(29-17)27-16-19-5-2-3-6-22(19)26)13-18-7-11-30(12-8-18)24(31)21-15-25(21)9-4-10-25/h2-3,5-6,14,18,21H,4,7-13,15-16H2,1H3,(H,27,28,29). The topological polar surface area (TPSA) is 58.1 Å². The van der Waals surface area contributed by atoms with Gasteiger partial charge in [0.05, 0.1) is 0 Å². The number of piperidine rings is 1. The molecule has 2 aliphatic carbocycles. The first kappa shape index (κ1) is 20.4. The summed E-state index contributed by atoms with van der Waals surface area (Å²) in [5.74, 6) is 2.52. The lowest BCUT2D eigenvalue weighted by Crippen LogP contribution is -2.41. The van der Waals surface area contributed by atoms with E-state index in [4.69, 9.17) is 0 Å². The number of likely N-dealkylation sites (tertiary alicyclic amines) is 1. The zero-order chi connectivity index (χ0) is 21.4. The van der Waals surface area contributed by atoms with Crippen molar-refractivity contribution in [1.29, 1.82) is 0 Å². The summed E-state index contributed by atoms with van der Waals surface area (Å²) in [7, 11) is 0. The van der Waals surface area contributed by atoms with Crippen molar-refractivity contribution in [3.8, 4) is 0 Å². The minimum atomic E-state index is -0.211. The molecule has 1 N–H and O–H groups in total. The van der Waals surface area contributed by atoms with Crippen LogP contribution < -0.4 is 5.32 Å². The van der Waals surface area contributed by atoms with Crippen LogP contribution in [-0.4, -0.2) is 33.9 Å². The Morgan fingerprint density at radius 2 is 2.00 bits per heavy atom. The molecular formula is C25H31FN4O. The smallest absolute Gasteiger partial charge is 0.226 e. The largest absolute Gasteiger partial charge is 0.366 e. The van der Waals surface area contributed by atoms with Crippen molar-refractivity contribution in [3.05, 3.63) is 53.2 Å². The first-order chi connectivity index (χ1) is 15.0. The molecule has 1 atom stereocenters. The van der Waals surface area contributed by atoms with Gasteiger partial charge in [-0.25, -0.2) is 14.4 Å². The number of carbonyl (C=O) groups is 1. The van der Waals surface area contributed by atoms with Crippen molar-refractivity contribution in [1.82, 2.24) is 14.9 Å². The fraction of sp³-hybridized carbons (Fsp3) is 0.560. The average molecular weight is 423 g/mol. The van der Waals surface area contributed by atoms with Gasteiger partial charge in [0.2, 0.25) is 5.91 Å². The maximum absolute atomic E-state index is 13.9. The van der Waals surface area contributed by atoms with Crippen LogP contribution in [0.4, 0.5) is 10.2 Å². The quantitative estimate of drug-likeness (QED) is 0.744. The second kappa shape index (κ2) is 8.21. The van der Waals surface area contributed by atoms with Crippen molar-refractivity contribution in [2.45, 2.75) is 58.4 Å². The second-order valence-electron chi connectivity index (χ2n) is 9.68. The SMILES string of the molecule is Cc1nc(CC2CCN(C(=O)C3CC34CCC4)CC2)cc(NCc2ccccc2F)n1. The number of halogens is 1. The van der Waals surface area contributed by atoms with Crippen LogP contribution in [0, 0.1) is 30.0 Å². The molecule has 1 aromatic carbocycles. The molecule has 164 valence electrons. The number of aromatic nitrogens is 2. The number of hydrogen-bond acceptors (Lipinski definition) is 4. The molecule has 5 nitrogen and oxygen atoms in total. The van der Waals surface area contributed by atoms with Crippen LogP contribution >= 0.6 is 0 Å². The molecule has 6 heteroatoms. The molecule has 3 fully saturated rings. The van der Waals surface area contributed by atoms with E-state index in [1.807, 2.05) is 19.1 Å². The van der Waals surface area contributed by atoms with Gasteiger partial charge < -0.3 is 10.2 Å². The molecule has 1 spiro atoms. The Bertz CT molecular complexity index is 966. The third-order valence-electron chi connectivity index (χ3n) is 7.57. The van der Waals surface area contributed by atoms with Gasteiger partial charge in [-0.1, -0.05) is 24.6 Å². The number of rotatable bonds is 6. The van der Waals surface area contributed by atoms with Crippen LogP contribution in [0.1, 0.15) is 55.6 Å². The number of carbonyl (C=O) groups excluding carboxylic acids is 1. The summed E-state index contributed by atoms with van der Waals surface area (Å²) < 4.78 is 13.9. The van der Waals surface area contributed by atoms with E-state index in [1.54, 1.807) is 12.1 Å². The maximum Gasteiger partial charge on any atom is 0.226 e. The Morgan fingerprint density at radius 3 is 2.68 bits per heavy atom. The van der Waals surface area contributed by atoms with Crippen molar-refractivity contribution in [3.63, 3.8) is 0 Å². The zero-order valence-electron chi connectivity index (χ0n) is 18.2. The lowest BCUT2D eigenvalue weighted by Gasteiger charge is -2.34. The van der Waals surface area contributed by atoms with Crippen LogP contribution in [0.2, 0.25) is 0 Å². The summed E-state index contributed by atoms with van der Waals surface area (Å²) in [5, 5.41) is 3.24. The Morgan fingerprint density at radius 1 is 1.23 bits per heavy atom. The molecular weight excluding hydrogens is 391 g/mol. The van der Waals surface area contributed by atoms with Crippen molar-refractivity contribution in [2.75, 3.05) is 18.4 Å². The van der Waals surface area contributed by atoms with Gasteiger partial charge in [-0.05, 0) is 62.8 Å². The van der Waals surface area contributed by atoms with E-state index in [2.05, 4.69) is 20.2 Å². The fourth-order valence-corrected chi connectivity index (χ4v) is 5.41. The summed E-state index contributed by atoms with van der Waals surface area (Å²) in [4.78, 5) is 24.0. The highest BCUT2D eigenvalue weighted by atomic mass is 19.1. The zero-order valence-corrected chi connectivity index (χ0v) is 18.2. The lowest BCUT2D eigenvalue weighted by atomic mass is 9.79. The molecule has 1 aromatic heterocycles. The second-order valence-corrected chi connectivity index (χ2v) is 9.68. The van der Waals surface area contributed by atoms with Gasteiger partial charge in [0.1, 0.15) is 17.5 Å². The monoisotopic (exact) mass is 422 g/mol. The molecule has 1 saturated heterocycles. The van der Waals surface area contributed by atoms with Gasteiger partial charge in [0, 0.05) is 42.9 Å². The summed E-state index contributed by atoms with van der Waals surface area (Å²) in [5.41, 5.74) is 2.05. The highest BCUT2D eigenvalue weighted by Crippen LogP contribution is 2.66. The van der Waals surface area contributed by atoms with Crippen LogP contribution in [0.3, 0.4) is 0 Å². The van der Waals surface area contributed by atoms with Crippen molar-refractivity contribution in [2.24, 2.45) is 17.3 Å². The molecule has 1 amide bonds. The number of nitrogens with one attached hydrogen (secondary N) is 1. The molecule has 3 aliphatic rings. The highest BCUT2D eigenvalue weighted by molar-refractivity contribution is 5.83. The lowest BCUT2D eigenvalue weighted by molar-refractivity contribution is -0.135. The van der Waals surface area contributed by atoms with Gasteiger partial charge in [-0.15, -0.1) is 0 Å². The van der Waals surface area contributed by atoms with Crippen molar-refractivity contribution >= 4 is 11.7 Å². The highest BCUT2D eigenvalue weighted by Gasteiger charge is 2.61. The number of hydrogen-bond donors (Lipinski definition) is 1. The Balaban J connectivity index is 1.14. The van der Waals surface area contributed by atoms with E-state index >= 15 is 0 Å². The molecule has 1 aliphatic heterocycles. The van der Waals surface area contributed by atoms with Crippen LogP contribution in [0.15, 0.2) is 30.3 Å².